The molecule has 0 N–H and O–H groups in total. The Labute approximate surface area is 114 Å². The van der Waals surface area contributed by atoms with Gasteiger partial charge in [0.15, 0.2) is 0 Å². The molecular weight excluding hydrogens is 256 g/mol. The molecule has 4 rings (SSSR count). The Bertz CT molecular complexity index is 846. The predicted octanol–water partition coefficient (Wildman–Crippen LogP) is 2.72. The molecule has 1 saturated heterocycles. The summed E-state index contributed by atoms with van der Waals surface area (Å²) in [5, 5.41) is 1.06. The highest BCUT2D eigenvalue weighted by Gasteiger charge is 2.23. The number of hydrogen-bond acceptors (Lipinski definition) is 4. The van der Waals surface area contributed by atoms with Crippen LogP contribution in [0.15, 0.2) is 51.7 Å². The lowest BCUT2D eigenvalue weighted by Crippen LogP contribution is -2.08. The Kier molecular flexibility index (Phi) is 2.50. The standard InChI is InChI=1S/C16H12O4/c17-16-11-4-1-2-5-12(11)20-14-7-3-6-13(15(14)16)19-9-10-8-18-10/h1-7,10H,8-9H2. The highest BCUT2D eigenvalue weighted by molar-refractivity contribution is 5.93. The average molecular weight is 268 g/mol. The molecule has 4 heteroatoms. The predicted molar refractivity (Wildman–Crippen MR) is 75.2 cm³/mol. The molecule has 1 unspecified atom stereocenters. The Morgan fingerprint density at radius 1 is 1.10 bits per heavy atom. The molecule has 1 aromatic heterocycles. The molecule has 0 amide bonds. The molecule has 1 aliphatic rings. The van der Waals surface area contributed by atoms with Crippen LogP contribution in [0.3, 0.4) is 0 Å². The summed E-state index contributed by atoms with van der Waals surface area (Å²) >= 11 is 0. The third-order valence-corrected chi connectivity index (χ3v) is 3.39. The second kappa shape index (κ2) is 4.35. The fourth-order valence-electron chi connectivity index (χ4n) is 2.28. The van der Waals surface area contributed by atoms with E-state index < -0.39 is 0 Å². The van der Waals surface area contributed by atoms with Crippen molar-refractivity contribution in [3.05, 3.63) is 52.7 Å². The van der Waals surface area contributed by atoms with Gasteiger partial charge in [-0.3, -0.25) is 4.79 Å². The van der Waals surface area contributed by atoms with Gasteiger partial charge in [-0.15, -0.1) is 0 Å². The fourth-order valence-corrected chi connectivity index (χ4v) is 2.28. The minimum Gasteiger partial charge on any atom is -0.490 e. The Morgan fingerprint density at radius 3 is 2.75 bits per heavy atom. The Hall–Kier alpha value is -2.33. The van der Waals surface area contributed by atoms with Crippen LogP contribution in [0.25, 0.3) is 21.9 Å². The monoisotopic (exact) mass is 268 g/mol. The number of rotatable bonds is 3. The maximum Gasteiger partial charge on any atom is 0.204 e. The van der Waals surface area contributed by atoms with Crippen molar-refractivity contribution in [3.63, 3.8) is 0 Å². The van der Waals surface area contributed by atoms with Crippen molar-refractivity contribution >= 4 is 21.9 Å². The number of epoxide rings is 1. The average Bonchev–Trinajstić information content (AvgIpc) is 3.29. The zero-order valence-electron chi connectivity index (χ0n) is 10.7. The molecule has 0 aliphatic carbocycles. The Balaban J connectivity index is 1.95. The van der Waals surface area contributed by atoms with Gasteiger partial charge < -0.3 is 13.9 Å². The number of hydrogen-bond donors (Lipinski definition) is 0. The molecule has 20 heavy (non-hydrogen) atoms. The molecule has 0 spiro atoms. The van der Waals surface area contributed by atoms with E-state index in [0.29, 0.717) is 34.3 Å². The van der Waals surface area contributed by atoms with Gasteiger partial charge in [-0.05, 0) is 24.3 Å². The first-order chi connectivity index (χ1) is 9.83. The molecule has 1 aliphatic heterocycles. The number of benzene rings is 2. The number of fused-ring (bicyclic) bond motifs is 2. The van der Waals surface area contributed by atoms with E-state index >= 15 is 0 Å². The molecule has 1 atom stereocenters. The summed E-state index contributed by atoms with van der Waals surface area (Å²) in [7, 11) is 0. The molecular formula is C16H12O4. The molecule has 4 nitrogen and oxygen atoms in total. The summed E-state index contributed by atoms with van der Waals surface area (Å²) in [6.45, 7) is 1.19. The smallest absolute Gasteiger partial charge is 0.204 e. The van der Waals surface area contributed by atoms with Gasteiger partial charge in [0, 0.05) is 0 Å². The van der Waals surface area contributed by atoms with Gasteiger partial charge in [0.1, 0.15) is 35.0 Å². The fraction of sp³-hybridized carbons (Fsp3) is 0.188. The molecule has 0 radical (unpaired) electrons. The largest absolute Gasteiger partial charge is 0.490 e. The summed E-state index contributed by atoms with van der Waals surface area (Å²) in [5.74, 6) is 0.553. The number of para-hydroxylation sites is 1. The first-order valence-corrected chi connectivity index (χ1v) is 6.52. The van der Waals surface area contributed by atoms with Crippen molar-refractivity contribution in [1.29, 1.82) is 0 Å². The van der Waals surface area contributed by atoms with Crippen LogP contribution in [0, 0.1) is 0 Å². The summed E-state index contributed by atoms with van der Waals surface area (Å²) in [6, 6.07) is 12.6. The summed E-state index contributed by atoms with van der Waals surface area (Å²) < 4.78 is 16.6. The third-order valence-electron chi connectivity index (χ3n) is 3.39. The SMILES string of the molecule is O=c1c2ccccc2oc2cccc(OCC3CO3)c12. The highest BCUT2D eigenvalue weighted by Crippen LogP contribution is 2.26. The zero-order valence-corrected chi connectivity index (χ0v) is 10.7. The lowest BCUT2D eigenvalue weighted by atomic mass is 10.1. The van der Waals surface area contributed by atoms with Crippen molar-refractivity contribution in [2.45, 2.75) is 6.10 Å². The summed E-state index contributed by atoms with van der Waals surface area (Å²) in [5.41, 5.74) is 1.07. The minimum atomic E-state index is -0.0610. The van der Waals surface area contributed by atoms with E-state index in [1.54, 1.807) is 24.3 Å². The molecule has 1 fully saturated rings. The minimum absolute atomic E-state index is 0.0610. The van der Waals surface area contributed by atoms with E-state index in [1.165, 1.54) is 0 Å². The molecule has 3 aromatic rings. The van der Waals surface area contributed by atoms with Crippen LogP contribution >= 0.6 is 0 Å². The van der Waals surface area contributed by atoms with Crippen LogP contribution in [0.2, 0.25) is 0 Å². The van der Waals surface area contributed by atoms with Crippen molar-refractivity contribution in [2.24, 2.45) is 0 Å². The molecule has 2 aromatic carbocycles. The molecule has 2 heterocycles. The molecule has 100 valence electrons. The van der Waals surface area contributed by atoms with E-state index in [1.807, 2.05) is 18.2 Å². The van der Waals surface area contributed by atoms with Crippen LogP contribution in [0.4, 0.5) is 0 Å². The first kappa shape index (κ1) is 11.5. The van der Waals surface area contributed by atoms with Crippen molar-refractivity contribution < 1.29 is 13.9 Å². The molecule has 0 bridgehead atoms. The van der Waals surface area contributed by atoms with Crippen LogP contribution in [0.1, 0.15) is 0 Å². The van der Waals surface area contributed by atoms with E-state index in [0.717, 1.165) is 6.61 Å². The molecule has 0 saturated carbocycles. The van der Waals surface area contributed by atoms with Crippen LogP contribution < -0.4 is 10.2 Å². The second-order valence-corrected chi connectivity index (χ2v) is 4.82. The van der Waals surface area contributed by atoms with Crippen LogP contribution in [-0.2, 0) is 4.74 Å². The lowest BCUT2D eigenvalue weighted by Gasteiger charge is -2.08. The van der Waals surface area contributed by atoms with Gasteiger partial charge in [0.25, 0.3) is 0 Å². The van der Waals surface area contributed by atoms with E-state index in [-0.39, 0.29) is 11.5 Å². The van der Waals surface area contributed by atoms with Crippen LogP contribution in [-0.4, -0.2) is 19.3 Å². The van der Waals surface area contributed by atoms with Gasteiger partial charge in [-0.1, -0.05) is 18.2 Å². The van der Waals surface area contributed by atoms with E-state index in [2.05, 4.69) is 0 Å². The third kappa shape index (κ3) is 1.85. The van der Waals surface area contributed by atoms with E-state index in [9.17, 15) is 4.79 Å². The van der Waals surface area contributed by atoms with Crippen molar-refractivity contribution in [1.82, 2.24) is 0 Å². The lowest BCUT2D eigenvalue weighted by molar-refractivity contribution is 0.265. The van der Waals surface area contributed by atoms with Gasteiger partial charge in [0.2, 0.25) is 5.43 Å². The highest BCUT2D eigenvalue weighted by atomic mass is 16.6. The van der Waals surface area contributed by atoms with Gasteiger partial charge >= 0.3 is 0 Å². The van der Waals surface area contributed by atoms with Gasteiger partial charge in [0.05, 0.1) is 12.0 Å². The summed E-state index contributed by atoms with van der Waals surface area (Å²) in [4.78, 5) is 12.6. The maximum atomic E-state index is 12.6. The van der Waals surface area contributed by atoms with Gasteiger partial charge in [-0.2, -0.15) is 0 Å². The number of ether oxygens (including phenoxy) is 2. The van der Waals surface area contributed by atoms with E-state index in [4.69, 9.17) is 13.9 Å². The van der Waals surface area contributed by atoms with Crippen molar-refractivity contribution in [2.75, 3.05) is 13.2 Å². The summed E-state index contributed by atoms with van der Waals surface area (Å²) in [6.07, 6.45) is 0.151. The van der Waals surface area contributed by atoms with Crippen LogP contribution in [0.5, 0.6) is 5.75 Å². The first-order valence-electron chi connectivity index (χ1n) is 6.52. The normalized spacial score (nSPS) is 17.5. The second-order valence-electron chi connectivity index (χ2n) is 4.82. The Morgan fingerprint density at radius 2 is 1.90 bits per heavy atom. The quantitative estimate of drug-likeness (QED) is 0.541. The van der Waals surface area contributed by atoms with Gasteiger partial charge in [-0.25, -0.2) is 0 Å². The zero-order chi connectivity index (χ0) is 13.5. The maximum absolute atomic E-state index is 12.6. The van der Waals surface area contributed by atoms with Crippen molar-refractivity contribution in [3.8, 4) is 5.75 Å². The topological polar surface area (TPSA) is 52.0 Å².